The predicted molar refractivity (Wildman–Crippen MR) is 86.5 cm³/mol. The molecule has 2 heterocycles. The molecule has 23 heavy (non-hydrogen) atoms. The molecule has 1 aromatic carbocycles. The number of esters is 1. The highest BCUT2D eigenvalue weighted by molar-refractivity contribution is 7.12. The molecule has 3 aromatic rings. The van der Waals surface area contributed by atoms with E-state index >= 15 is 0 Å². The molecule has 2 aromatic heterocycles. The van der Waals surface area contributed by atoms with Gasteiger partial charge in [0.15, 0.2) is 0 Å². The van der Waals surface area contributed by atoms with Gasteiger partial charge in [0.2, 0.25) is 0 Å². The fourth-order valence-electron chi connectivity index (χ4n) is 2.23. The molecule has 1 amide bonds. The molecular formula is C16H13FN2O3S. The lowest BCUT2D eigenvalue weighted by atomic mass is 10.2. The van der Waals surface area contributed by atoms with Crippen LogP contribution in [0.3, 0.4) is 0 Å². The van der Waals surface area contributed by atoms with Gasteiger partial charge >= 0.3 is 5.97 Å². The lowest BCUT2D eigenvalue weighted by Crippen LogP contribution is -2.14. The Balaban J connectivity index is 2.07. The summed E-state index contributed by atoms with van der Waals surface area (Å²) in [5, 5.41) is 4.86. The van der Waals surface area contributed by atoms with Crippen molar-refractivity contribution in [3.63, 3.8) is 0 Å². The number of rotatable bonds is 4. The van der Waals surface area contributed by atoms with Gasteiger partial charge in [0.05, 0.1) is 17.2 Å². The number of fused-ring (bicyclic) bond motifs is 1. The van der Waals surface area contributed by atoms with Crippen LogP contribution in [0.4, 0.5) is 10.1 Å². The Kier molecular flexibility index (Phi) is 4.12. The number of H-pyrrole nitrogens is 1. The second-order valence-electron chi connectivity index (χ2n) is 4.72. The van der Waals surface area contributed by atoms with E-state index in [1.54, 1.807) is 24.4 Å². The summed E-state index contributed by atoms with van der Waals surface area (Å²) < 4.78 is 18.5. The third kappa shape index (κ3) is 2.95. The number of amides is 1. The highest BCUT2D eigenvalue weighted by Crippen LogP contribution is 2.30. The molecule has 0 aliphatic heterocycles. The highest BCUT2D eigenvalue weighted by atomic mass is 32.1. The molecule has 0 atom stereocenters. The molecule has 0 saturated heterocycles. The quantitative estimate of drug-likeness (QED) is 0.714. The van der Waals surface area contributed by atoms with Crippen LogP contribution in [0, 0.1) is 5.82 Å². The predicted octanol–water partition coefficient (Wildman–Crippen LogP) is 3.80. The van der Waals surface area contributed by atoms with Crippen molar-refractivity contribution in [2.75, 3.05) is 11.9 Å². The first-order valence-corrected chi connectivity index (χ1v) is 7.81. The minimum Gasteiger partial charge on any atom is -0.461 e. The molecule has 0 bridgehead atoms. The Hall–Kier alpha value is -2.67. The molecule has 0 aliphatic carbocycles. The van der Waals surface area contributed by atoms with Crippen LogP contribution in [-0.4, -0.2) is 23.5 Å². The van der Waals surface area contributed by atoms with Crippen molar-refractivity contribution in [2.45, 2.75) is 6.92 Å². The smallest absolute Gasteiger partial charge is 0.356 e. The SMILES string of the molecule is CCOC(=O)c1[nH]c2ccc(F)cc2c1NC(=O)c1cccs1. The summed E-state index contributed by atoms with van der Waals surface area (Å²) in [4.78, 5) is 27.7. The number of aromatic nitrogens is 1. The summed E-state index contributed by atoms with van der Waals surface area (Å²) in [7, 11) is 0. The second kappa shape index (κ2) is 6.21. The van der Waals surface area contributed by atoms with Crippen LogP contribution in [0.25, 0.3) is 10.9 Å². The first kappa shape index (κ1) is 15.2. The second-order valence-corrected chi connectivity index (χ2v) is 5.66. The number of hydrogen-bond acceptors (Lipinski definition) is 4. The summed E-state index contributed by atoms with van der Waals surface area (Å²) >= 11 is 1.27. The number of halogens is 1. The lowest BCUT2D eigenvalue weighted by Gasteiger charge is -2.06. The zero-order valence-electron chi connectivity index (χ0n) is 12.2. The third-order valence-corrected chi connectivity index (χ3v) is 4.09. The van der Waals surface area contributed by atoms with Gasteiger partial charge in [0.1, 0.15) is 11.5 Å². The number of carbonyl (C=O) groups excluding carboxylic acids is 2. The molecule has 0 unspecified atom stereocenters. The van der Waals surface area contributed by atoms with E-state index in [2.05, 4.69) is 10.3 Å². The Morgan fingerprint density at radius 2 is 2.17 bits per heavy atom. The van der Waals surface area contributed by atoms with E-state index in [0.717, 1.165) is 0 Å². The van der Waals surface area contributed by atoms with E-state index in [0.29, 0.717) is 15.8 Å². The van der Waals surface area contributed by atoms with Crippen molar-refractivity contribution in [1.29, 1.82) is 0 Å². The number of nitrogens with one attached hydrogen (secondary N) is 2. The molecule has 0 fully saturated rings. The van der Waals surface area contributed by atoms with Gasteiger partial charge in [-0.1, -0.05) is 6.07 Å². The van der Waals surface area contributed by atoms with Crippen LogP contribution in [0.1, 0.15) is 27.1 Å². The molecular weight excluding hydrogens is 319 g/mol. The Labute approximate surface area is 135 Å². The van der Waals surface area contributed by atoms with Crippen molar-refractivity contribution >= 4 is 39.8 Å². The molecule has 118 valence electrons. The number of hydrogen-bond donors (Lipinski definition) is 2. The maximum Gasteiger partial charge on any atom is 0.356 e. The zero-order chi connectivity index (χ0) is 16.4. The number of benzene rings is 1. The maximum atomic E-state index is 13.5. The molecule has 2 N–H and O–H groups in total. The molecule has 3 rings (SSSR count). The van der Waals surface area contributed by atoms with E-state index < -0.39 is 11.8 Å². The van der Waals surface area contributed by atoms with Crippen LogP contribution in [0.2, 0.25) is 0 Å². The first-order chi connectivity index (χ1) is 11.1. The molecule has 5 nitrogen and oxygen atoms in total. The fourth-order valence-corrected chi connectivity index (χ4v) is 2.85. The van der Waals surface area contributed by atoms with E-state index in [-0.39, 0.29) is 23.9 Å². The largest absolute Gasteiger partial charge is 0.461 e. The topological polar surface area (TPSA) is 71.2 Å². The number of ether oxygens (including phenoxy) is 1. The van der Waals surface area contributed by atoms with E-state index in [4.69, 9.17) is 4.74 Å². The van der Waals surface area contributed by atoms with Crippen LogP contribution in [0.15, 0.2) is 35.7 Å². The van der Waals surface area contributed by atoms with Gasteiger partial charge in [0.25, 0.3) is 5.91 Å². The molecule has 0 spiro atoms. The number of carbonyl (C=O) groups is 2. The van der Waals surface area contributed by atoms with Gasteiger partial charge < -0.3 is 15.0 Å². The van der Waals surface area contributed by atoms with Crippen LogP contribution >= 0.6 is 11.3 Å². The van der Waals surface area contributed by atoms with E-state index in [9.17, 15) is 14.0 Å². The van der Waals surface area contributed by atoms with Crippen molar-refractivity contribution in [3.05, 3.63) is 52.1 Å². The molecule has 0 saturated carbocycles. The number of thiophene rings is 1. The minimum absolute atomic E-state index is 0.0948. The van der Waals surface area contributed by atoms with E-state index in [1.807, 2.05) is 0 Å². The normalized spacial score (nSPS) is 10.7. The highest BCUT2D eigenvalue weighted by Gasteiger charge is 2.21. The minimum atomic E-state index is -0.606. The Bertz CT molecular complexity index is 871. The van der Waals surface area contributed by atoms with Crippen molar-refractivity contribution in [1.82, 2.24) is 4.98 Å². The van der Waals surface area contributed by atoms with Crippen LogP contribution < -0.4 is 5.32 Å². The summed E-state index contributed by atoms with van der Waals surface area (Å²) in [5.41, 5.74) is 0.852. The lowest BCUT2D eigenvalue weighted by molar-refractivity contribution is 0.0522. The summed E-state index contributed by atoms with van der Waals surface area (Å²) in [6.07, 6.45) is 0. The molecule has 0 radical (unpaired) electrons. The Morgan fingerprint density at radius 3 is 2.87 bits per heavy atom. The summed E-state index contributed by atoms with van der Waals surface area (Å²) in [5.74, 6) is -1.43. The van der Waals surface area contributed by atoms with Gasteiger partial charge in [-0.3, -0.25) is 4.79 Å². The maximum absolute atomic E-state index is 13.5. The zero-order valence-corrected chi connectivity index (χ0v) is 13.0. The Morgan fingerprint density at radius 1 is 1.35 bits per heavy atom. The van der Waals surface area contributed by atoms with Crippen LogP contribution in [-0.2, 0) is 4.74 Å². The fraction of sp³-hybridized carbons (Fsp3) is 0.125. The average Bonchev–Trinajstić information content (AvgIpc) is 3.16. The van der Waals surface area contributed by atoms with Gasteiger partial charge in [-0.25, -0.2) is 9.18 Å². The van der Waals surface area contributed by atoms with Gasteiger partial charge in [-0.2, -0.15) is 0 Å². The molecule has 7 heteroatoms. The van der Waals surface area contributed by atoms with Gasteiger partial charge in [-0.05, 0) is 36.6 Å². The molecule has 0 aliphatic rings. The summed E-state index contributed by atoms with van der Waals surface area (Å²) in [6, 6.07) is 7.46. The summed E-state index contributed by atoms with van der Waals surface area (Å²) in [6.45, 7) is 1.88. The van der Waals surface area contributed by atoms with Crippen LogP contribution in [0.5, 0.6) is 0 Å². The number of anilines is 1. The van der Waals surface area contributed by atoms with Crippen molar-refractivity contribution in [2.24, 2.45) is 0 Å². The van der Waals surface area contributed by atoms with Crippen molar-refractivity contribution < 1.29 is 18.7 Å². The number of aromatic amines is 1. The first-order valence-electron chi connectivity index (χ1n) is 6.93. The average molecular weight is 332 g/mol. The standard InChI is InChI=1S/C16H13FN2O3S/c1-2-22-16(21)14-13(19-15(20)12-4-3-7-23-12)10-8-9(17)5-6-11(10)18-14/h3-8,18H,2H2,1H3,(H,19,20). The monoisotopic (exact) mass is 332 g/mol. The van der Waals surface area contributed by atoms with Gasteiger partial charge in [-0.15, -0.1) is 11.3 Å². The van der Waals surface area contributed by atoms with Crippen molar-refractivity contribution in [3.8, 4) is 0 Å². The third-order valence-electron chi connectivity index (χ3n) is 3.22. The van der Waals surface area contributed by atoms with Gasteiger partial charge in [0, 0.05) is 10.9 Å². The van der Waals surface area contributed by atoms with E-state index in [1.165, 1.54) is 29.5 Å².